The number of nitrogens with one attached hydrogen (secondary N) is 3. The predicted octanol–water partition coefficient (Wildman–Crippen LogP) is 3.09. The molecule has 0 aromatic heterocycles. The molecule has 0 aliphatic rings. The number of nitrogens with zero attached hydrogens (tertiary/aromatic N) is 1. The lowest BCUT2D eigenvalue weighted by molar-refractivity contribution is -0.464. The average Bonchev–Trinajstić information content (AvgIpc) is 2.49. The largest absolute Gasteiger partial charge is 0.436 e. The predicted molar refractivity (Wildman–Crippen MR) is 95.9 cm³/mol. The van der Waals surface area contributed by atoms with Gasteiger partial charge in [0.1, 0.15) is 5.69 Å². The van der Waals surface area contributed by atoms with Gasteiger partial charge in [0.15, 0.2) is 0 Å². The summed E-state index contributed by atoms with van der Waals surface area (Å²) in [6, 6.07) is 6.46. The van der Waals surface area contributed by atoms with Crippen LogP contribution in [-0.2, 0) is 13.6 Å². The molecule has 24 heavy (non-hydrogen) atoms. The Labute approximate surface area is 142 Å². The summed E-state index contributed by atoms with van der Waals surface area (Å²) < 4.78 is 24.2. The molecule has 0 fully saturated rings. The molecule has 0 bridgehead atoms. The van der Waals surface area contributed by atoms with E-state index < -0.39 is 13.8 Å². The quantitative estimate of drug-likeness (QED) is 0.302. The molecule has 134 valence electrons. The number of amidine groups is 1. The van der Waals surface area contributed by atoms with Gasteiger partial charge in [0.05, 0.1) is 27.3 Å². The second-order valence-electron chi connectivity index (χ2n) is 5.08. The van der Waals surface area contributed by atoms with Crippen molar-refractivity contribution < 1.29 is 23.0 Å². The Hall–Kier alpha value is -1.89. The summed E-state index contributed by atoms with van der Waals surface area (Å²) in [5, 5.41) is 8.05. The van der Waals surface area contributed by atoms with Crippen LogP contribution in [0.25, 0.3) is 0 Å². The Kier molecular flexibility index (Phi) is 7.91. The van der Waals surface area contributed by atoms with Crippen LogP contribution in [-0.4, -0.2) is 43.8 Å². The zero-order valence-corrected chi connectivity index (χ0v) is 15.6. The molecule has 0 radical (unpaired) electrons. The highest BCUT2D eigenvalue weighted by molar-refractivity contribution is 7.52. The summed E-state index contributed by atoms with van der Waals surface area (Å²) >= 11 is 0. The molecule has 9 heteroatoms. The van der Waals surface area contributed by atoms with Gasteiger partial charge in [-0.25, -0.2) is 19.8 Å². The highest BCUT2D eigenvalue weighted by atomic mass is 31.2. The third-order valence-corrected chi connectivity index (χ3v) is 4.65. The van der Waals surface area contributed by atoms with Crippen LogP contribution in [0.5, 0.6) is 0 Å². The lowest BCUT2D eigenvalue weighted by Crippen LogP contribution is -2.28. The number of urea groups is 1. The van der Waals surface area contributed by atoms with E-state index in [0.717, 1.165) is 11.5 Å². The molecule has 2 amide bonds. The summed E-state index contributed by atoms with van der Waals surface area (Å²) in [7, 11) is 0.249. The van der Waals surface area contributed by atoms with Crippen LogP contribution in [0.1, 0.15) is 20.8 Å². The fourth-order valence-corrected chi connectivity index (χ4v) is 2.87. The summed E-state index contributed by atoms with van der Waals surface area (Å²) in [5.41, 5.74) is 1.45. The van der Waals surface area contributed by atoms with Gasteiger partial charge in [-0.15, -0.1) is 0 Å². The van der Waals surface area contributed by atoms with E-state index in [2.05, 4.69) is 15.7 Å². The fourth-order valence-electron chi connectivity index (χ4n) is 1.68. The Morgan fingerprint density at radius 2 is 1.50 bits per heavy atom. The van der Waals surface area contributed by atoms with Crippen molar-refractivity contribution in [3.8, 4) is 0 Å². The van der Waals surface area contributed by atoms with E-state index in [1.807, 2.05) is 37.7 Å². The molecule has 0 aliphatic carbocycles. The summed E-state index contributed by atoms with van der Waals surface area (Å²) in [4.78, 5) is 11.9. The molecular formula is C15H26N4O4P+. The Bertz CT molecular complexity index is 617. The van der Waals surface area contributed by atoms with E-state index in [1.54, 1.807) is 26.0 Å². The molecule has 0 atom stereocenters. The molecule has 8 nitrogen and oxygen atoms in total. The van der Waals surface area contributed by atoms with Crippen molar-refractivity contribution in [3.05, 3.63) is 24.3 Å². The molecule has 0 saturated carbocycles. The van der Waals surface area contributed by atoms with E-state index in [4.69, 9.17) is 9.05 Å². The normalized spacial score (nSPS) is 10.9. The number of rotatable bonds is 7. The van der Waals surface area contributed by atoms with E-state index in [-0.39, 0.29) is 13.2 Å². The van der Waals surface area contributed by atoms with Gasteiger partial charge in [-0.1, -0.05) is 0 Å². The van der Waals surface area contributed by atoms with Crippen LogP contribution < -0.4 is 15.7 Å². The van der Waals surface area contributed by atoms with E-state index in [1.165, 1.54) is 0 Å². The molecule has 0 spiro atoms. The molecular weight excluding hydrogens is 331 g/mol. The second kappa shape index (κ2) is 9.42. The SMILES string of the molecule is CCOP(=O)(NC(=O)Nc1ccc(NC(C)=[N+](C)C)cc1)OCC. The van der Waals surface area contributed by atoms with Gasteiger partial charge in [-0.2, -0.15) is 0 Å². The third-order valence-electron chi connectivity index (χ3n) is 2.98. The maximum absolute atomic E-state index is 12.2. The lowest BCUT2D eigenvalue weighted by Gasteiger charge is -2.17. The maximum Gasteiger partial charge on any atom is 0.436 e. The monoisotopic (exact) mass is 357 g/mol. The van der Waals surface area contributed by atoms with Gasteiger partial charge in [0.2, 0.25) is 5.84 Å². The minimum Gasteiger partial charge on any atom is -0.308 e. The lowest BCUT2D eigenvalue weighted by atomic mass is 10.3. The van der Waals surface area contributed by atoms with Gasteiger partial charge in [0.25, 0.3) is 0 Å². The highest BCUT2D eigenvalue weighted by Crippen LogP contribution is 2.43. The Balaban J connectivity index is 2.67. The molecule has 0 unspecified atom stereocenters. The minimum absolute atomic E-state index is 0.166. The maximum atomic E-state index is 12.2. The number of carbonyl (C=O) groups excluding carboxylic acids is 1. The second-order valence-corrected chi connectivity index (χ2v) is 6.82. The van der Waals surface area contributed by atoms with Crippen LogP contribution in [0.3, 0.4) is 0 Å². The molecule has 0 saturated heterocycles. The van der Waals surface area contributed by atoms with Crippen molar-refractivity contribution in [2.75, 3.05) is 37.9 Å². The van der Waals surface area contributed by atoms with Gasteiger partial charge >= 0.3 is 13.8 Å². The summed E-state index contributed by atoms with van der Waals surface area (Å²) in [6.07, 6.45) is 0. The van der Waals surface area contributed by atoms with Gasteiger partial charge in [-0.3, -0.25) is 13.6 Å². The minimum atomic E-state index is -3.64. The van der Waals surface area contributed by atoms with Crippen LogP contribution in [0, 0.1) is 0 Å². The van der Waals surface area contributed by atoms with Gasteiger partial charge < -0.3 is 5.32 Å². The topological polar surface area (TPSA) is 91.7 Å². The first-order valence-corrected chi connectivity index (χ1v) is 9.20. The van der Waals surface area contributed by atoms with Crippen molar-refractivity contribution in [2.45, 2.75) is 20.8 Å². The van der Waals surface area contributed by atoms with E-state index in [0.29, 0.717) is 5.69 Å². The van der Waals surface area contributed by atoms with Crippen LogP contribution in [0.15, 0.2) is 24.3 Å². The number of hydrogen-bond donors (Lipinski definition) is 3. The van der Waals surface area contributed by atoms with Crippen LogP contribution in [0.2, 0.25) is 0 Å². The zero-order chi connectivity index (χ0) is 18.2. The standard InChI is InChI=1S/C15H25N4O4P/c1-6-22-24(21,23-7-2)18-15(20)17-14-10-8-13(9-11-14)16-12(3)19(4)5/h8-11H,6-7H2,1-5H3,(H2,17,18,20,21)/p+1. The molecule has 0 aliphatic heterocycles. The first-order valence-electron chi connectivity index (χ1n) is 7.66. The zero-order valence-electron chi connectivity index (χ0n) is 14.8. The van der Waals surface area contributed by atoms with Gasteiger partial charge in [-0.05, 0) is 38.1 Å². The van der Waals surface area contributed by atoms with Crippen molar-refractivity contribution in [1.82, 2.24) is 5.09 Å². The fraction of sp³-hybridized carbons (Fsp3) is 0.467. The van der Waals surface area contributed by atoms with Crippen LogP contribution >= 0.6 is 7.75 Å². The first kappa shape index (κ1) is 20.2. The number of benzene rings is 1. The third kappa shape index (κ3) is 6.70. The van der Waals surface area contributed by atoms with E-state index in [9.17, 15) is 9.36 Å². The van der Waals surface area contributed by atoms with E-state index >= 15 is 0 Å². The highest BCUT2D eigenvalue weighted by Gasteiger charge is 2.26. The van der Waals surface area contributed by atoms with Crippen molar-refractivity contribution >= 4 is 31.0 Å². The van der Waals surface area contributed by atoms with Crippen molar-refractivity contribution in [2.24, 2.45) is 0 Å². The number of anilines is 2. The Morgan fingerprint density at radius 3 is 1.92 bits per heavy atom. The number of amides is 2. The van der Waals surface area contributed by atoms with Crippen molar-refractivity contribution in [3.63, 3.8) is 0 Å². The van der Waals surface area contributed by atoms with Crippen LogP contribution in [0.4, 0.5) is 16.2 Å². The smallest absolute Gasteiger partial charge is 0.308 e. The number of carbonyl (C=O) groups is 1. The molecule has 1 aromatic carbocycles. The number of hydrogen-bond acceptors (Lipinski definition) is 4. The molecule has 3 N–H and O–H groups in total. The molecule has 1 aromatic rings. The van der Waals surface area contributed by atoms with Crippen molar-refractivity contribution in [1.29, 1.82) is 0 Å². The molecule has 0 heterocycles. The van der Waals surface area contributed by atoms with Gasteiger partial charge in [0, 0.05) is 12.6 Å². The first-order chi connectivity index (χ1) is 11.3. The summed E-state index contributed by atoms with van der Waals surface area (Å²) in [5.74, 6) is 0.989. The summed E-state index contributed by atoms with van der Waals surface area (Å²) in [6.45, 7) is 5.63. The average molecular weight is 357 g/mol. The Morgan fingerprint density at radius 1 is 1.04 bits per heavy atom. The molecule has 1 rings (SSSR count).